The number of nitrogens with zero attached hydrogens (tertiary/aromatic N) is 2. The van der Waals surface area contributed by atoms with Gasteiger partial charge in [0.25, 0.3) is 0 Å². The molecule has 5 heteroatoms. The maximum atomic E-state index is 12.4. The van der Waals surface area contributed by atoms with E-state index in [4.69, 9.17) is 0 Å². The summed E-state index contributed by atoms with van der Waals surface area (Å²) in [5.41, 5.74) is 2.06. The van der Waals surface area contributed by atoms with Crippen LogP contribution < -0.4 is 5.32 Å². The van der Waals surface area contributed by atoms with Crippen LogP contribution in [0.5, 0.6) is 0 Å². The first-order valence-electron chi connectivity index (χ1n) is 7.60. The molecule has 0 aliphatic heterocycles. The Bertz CT molecular complexity index is 727. The van der Waals surface area contributed by atoms with Crippen LogP contribution in [0.1, 0.15) is 17.2 Å². The Labute approximate surface area is 145 Å². The molecule has 1 unspecified atom stereocenters. The highest BCUT2D eigenvalue weighted by Crippen LogP contribution is 2.22. The fourth-order valence-electron chi connectivity index (χ4n) is 2.35. The van der Waals surface area contributed by atoms with Gasteiger partial charge in [-0.25, -0.2) is 0 Å². The smallest absolute Gasteiger partial charge is 0.231 e. The van der Waals surface area contributed by atoms with Crippen LogP contribution in [0.3, 0.4) is 0 Å². The Morgan fingerprint density at radius 1 is 0.875 bits per heavy atom. The van der Waals surface area contributed by atoms with Crippen molar-refractivity contribution in [3.63, 3.8) is 0 Å². The van der Waals surface area contributed by atoms with Crippen molar-refractivity contribution in [3.8, 4) is 0 Å². The molecule has 24 heavy (non-hydrogen) atoms. The largest absolute Gasteiger partial charge is 0.344 e. The number of carbonyl (C=O) groups excluding carboxylic acids is 1. The van der Waals surface area contributed by atoms with Crippen LogP contribution in [0.15, 0.2) is 84.3 Å². The number of hydrogen-bond donors (Lipinski definition) is 1. The number of aromatic nitrogens is 2. The van der Waals surface area contributed by atoms with E-state index < -0.39 is 0 Å². The van der Waals surface area contributed by atoms with Gasteiger partial charge in [-0.3, -0.25) is 14.8 Å². The molecule has 2 aromatic heterocycles. The minimum absolute atomic E-state index is 0.0116. The van der Waals surface area contributed by atoms with Crippen LogP contribution in [-0.2, 0) is 4.79 Å². The van der Waals surface area contributed by atoms with E-state index in [2.05, 4.69) is 15.3 Å². The fraction of sp³-hybridized carbons (Fsp3) is 0.105. The number of benzene rings is 1. The van der Waals surface area contributed by atoms with Gasteiger partial charge in [0.15, 0.2) is 0 Å². The van der Waals surface area contributed by atoms with Gasteiger partial charge < -0.3 is 5.32 Å². The minimum Gasteiger partial charge on any atom is -0.344 e. The molecule has 0 bridgehead atoms. The molecule has 1 aromatic carbocycles. The van der Waals surface area contributed by atoms with E-state index in [0.29, 0.717) is 5.75 Å². The predicted octanol–water partition coefficient (Wildman–Crippen LogP) is 3.47. The summed E-state index contributed by atoms with van der Waals surface area (Å²) in [4.78, 5) is 21.5. The Morgan fingerprint density at radius 2 is 1.46 bits per heavy atom. The van der Waals surface area contributed by atoms with Crippen molar-refractivity contribution in [1.82, 2.24) is 15.3 Å². The van der Waals surface area contributed by atoms with Crippen LogP contribution in [0.4, 0.5) is 0 Å². The second-order valence-corrected chi connectivity index (χ2v) is 6.21. The Balaban J connectivity index is 1.71. The fourth-order valence-corrected chi connectivity index (χ4v) is 3.04. The summed E-state index contributed by atoms with van der Waals surface area (Å²) in [5, 5.41) is 3.12. The normalized spacial score (nSPS) is 11.7. The van der Waals surface area contributed by atoms with E-state index in [-0.39, 0.29) is 11.9 Å². The molecule has 2 heterocycles. The highest BCUT2D eigenvalue weighted by atomic mass is 32.2. The van der Waals surface area contributed by atoms with Gasteiger partial charge in [0.05, 0.1) is 11.8 Å². The van der Waals surface area contributed by atoms with Gasteiger partial charge in [0.1, 0.15) is 0 Å². The lowest BCUT2D eigenvalue weighted by Crippen LogP contribution is -2.30. The number of carbonyl (C=O) groups is 1. The second kappa shape index (κ2) is 8.26. The summed E-state index contributed by atoms with van der Waals surface area (Å²) >= 11 is 1.50. The van der Waals surface area contributed by atoms with Crippen LogP contribution in [0.2, 0.25) is 0 Å². The Morgan fingerprint density at radius 3 is 2.12 bits per heavy atom. The summed E-state index contributed by atoms with van der Waals surface area (Å²) in [6, 6.07) is 17.4. The summed E-state index contributed by atoms with van der Waals surface area (Å²) in [5.74, 6) is 0.348. The molecule has 0 saturated carbocycles. The summed E-state index contributed by atoms with van der Waals surface area (Å²) < 4.78 is 0. The first kappa shape index (κ1) is 16.2. The van der Waals surface area contributed by atoms with Crippen molar-refractivity contribution in [2.24, 2.45) is 0 Å². The summed E-state index contributed by atoms with van der Waals surface area (Å²) in [6.07, 6.45) is 6.93. The topological polar surface area (TPSA) is 54.9 Å². The first-order chi connectivity index (χ1) is 11.8. The SMILES string of the molecule is O=C(CSc1ccncc1)NC(c1ccccc1)c1ccncc1. The van der Waals surface area contributed by atoms with Crippen LogP contribution in [0, 0.1) is 0 Å². The minimum atomic E-state index is -0.181. The molecule has 4 nitrogen and oxygen atoms in total. The zero-order valence-electron chi connectivity index (χ0n) is 13.0. The molecule has 3 aromatic rings. The second-order valence-electron chi connectivity index (χ2n) is 5.16. The molecule has 0 saturated heterocycles. The highest BCUT2D eigenvalue weighted by molar-refractivity contribution is 8.00. The molecule has 3 rings (SSSR count). The molecule has 120 valence electrons. The number of amides is 1. The van der Waals surface area contributed by atoms with Crippen LogP contribution in [0.25, 0.3) is 0 Å². The Hall–Kier alpha value is -2.66. The highest BCUT2D eigenvalue weighted by Gasteiger charge is 2.16. The van der Waals surface area contributed by atoms with Gasteiger partial charge in [-0.05, 0) is 35.4 Å². The van der Waals surface area contributed by atoms with Crippen LogP contribution >= 0.6 is 11.8 Å². The van der Waals surface area contributed by atoms with E-state index in [1.54, 1.807) is 24.8 Å². The van der Waals surface area contributed by atoms with E-state index in [1.165, 1.54) is 11.8 Å². The van der Waals surface area contributed by atoms with Gasteiger partial charge >= 0.3 is 0 Å². The Kier molecular flexibility index (Phi) is 5.58. The van der Waals surface area contributed by atoms with Crippen molar-refractivity contribution in [2.75, 3.05) is 5.75 Å². The number of thioether (sulfide) groups is 1. The molecular weight excluding hydrogens is 318 g/mol. The van der Waals surface area contributed by atoms with Crippen molar-refractivity contribution in [3.05, 3.63) is 90.5 Å². The first-order valence-corrected chi connectivity index (χ1v) is 8.58. The van der Waals surface area contributed by atoms with Gasteiger partial charge in [0, 0.05) is 29.7 Å². The number of rotatable bonds is 6. The molecule has 1 amide bonds. The lowest BCUT2D eigenvalue weighted by atomic mass is 10.00. The average Bonchev–Trinajstić information content (AvgIpc) is 2.67. The monoisotopic (exact) mass is 335 g/mol. The lowest BCUT2D eigenvalue weighted by molar-refractivity contribution is -0.119. The molecular formula is C19H17N3OS. The van der Waals surface area contributed by atoms with E-state index in [9.17, 15) is 4.79 Å². The van der Waals surface area contributed by atoms with E-state index in [1.807, 2.05) is 54.6 Å². The van der Waals surface area contributed by atoms with E-state index >= 15 is 0 Å². The van der Waals surface area contributed by atoms with Crippen molar-refractivity contribution < 1.29 is 4.79 Å². The van der Waals surface area contributed by atoms with E-state index in [0.717, 1.165) is 16.0 Å². The number of hydrogen-bond acceptors (Lipinski definition) is 4. The molecule has 0 aliphatic rings. The van der Waals surface area contributed by atoms with Gasteiger partial charge in [-0.1, -0.05) is 30.3 Å². The lowest BCUT2D eigenvalue weighted by Gasteiger charge is -2.19. The average molecular weight is 335 g/mol. The third-order valence-electron chi connectivity index (χ3n) is 3.50. The number of pyridine rings is 2. The maximum absolute atomic E-state index is 12.4. The summed E-state index contributed by atoms with van der Waals surface area (Å²) in [6.45, 7) is 0. The van der Waals surface area contributed by atoms with Gasteiger partial charge in [-0.15, -0.1) is 11.8 Å². The molecule has 0 spiro atoms. The summed E-state index contributed by atoms with van der Waals surface area (Å²) in [7, 11) is 0. The maximum Gasteiger partial charge on any atom is 0.231 e. The molecule has 0 aliphatic carbocycles. The molecule has 0 fully saturated rings. The third kappa shape index (κ3) is 4.43. The zero-order chi connectivity index (χ0) is 16.6. The zero-order valence-corrected chi connectivity index (χ0v) is 13.8. The molecule has 1 N–H and O–H groups in total. The van der Waals surface area contributed by atoms with Crippen LogP contribution in [-0.4, -0.2) is 21.6 Å². The quantitative estimate of drug-likeness (QED) is 0.701. The molecule has 1 atom stereocenters. The van der Waals surface area contributed by atoms with Gasteiger partial charge in [-0.2, -0.15) is 0 Å². The van der Waals surface area contributed by atoms with Crippen molar-refractivity contribution in [2.45, 2.75) is 10.9 Å². The molecule has 0 radical (unpaired) electrons. The van der Waals surface area contributed by atoms with Gasteiger partial charge in [0.2, 0.25) is 5.91 Å². The van der Waals surface area contributed by atoms with Crippen molar-refractivity contribution in [1.29, 1.82) is 0 Å². The standard InChI is InChI=1S/C19H17N3OS/c23-18(14-24-17-8-12-21-13-9-17)22-19(15-4-2-1-3-5-15)16-6-10-20-11-7-16/h1-13,19H,14H2,(H,22,23). The number of nitrogens with one attached hydrogen (secondary N) is 1. The third-order valence-corrected chi connectivity index (χ3v) is 4.51. The predicted molar refractivity (Wildman–Crippen MR) is 95.6 cm³/mol. The van der Waals surface area contributed by atoms with Crippen molar-refractivity contribution >= 4 is 17.7 Å².